The van der Waals surface area contributed by atoms with Gasteiger partial charge in [0.15, 0.2) is 0 Å². The lowest BCUT2D eigenvalue weighted by Crippen LogP contribution is -2.23. The van der Waals surface area contributed by atoms with Crippen LogP contribution in [0.5, 0.6) is 0 Å². The molecule has 1 aliphatic heterocycles. The third-order valence-electron chi connectivity index (χ3n) is 3.12. The first-order valence-corrected chi connectivity index (χ1v) is 7.08. The van der Waals surface area contributed by atoms with Crippen LogP contribution in [0.2, 0.25) is 0 Å². The number of carbonyl (C=O) groups is 1. The molecule has 0 saturated heterocycles. The predicted octanol–water partition coefficient (Wildman–Crippen LogP) is 3.09. The van der Waals surface area contributed by atoms with Crippen molar-refractivity contribution in [2.75, 3.05) is 6.54 Å². The lowest BCUT2D eigenvalue weighted by atomic mass is 10.1. The molecule has 0 atom stereocenters. The minimum atomic E-state index is -0.106. The number of halogens is 1. The van der Waals surface area contributed by atoms with Crippen molar-refractivity contribution < 1.29 is 4.79 Å². The molecule has 1 aliphatic rings. The number of rotatable bonds is 2. The third kappa shape index (κ3) is 2.63. The van der Waals surface area contributed by atoms with Crippen molar-refractivity contribution in [3.05, 3.63) is 64.4 Å². The van der Waals surface area contributed by atoms with E-state index in [1.54, 1.807) is 24.5 Å². The fraction of sp³-hybridized carbons (Fsp3) is 0.133. The summed E-state index contributed by atoms with van der Waals surface area (Å²) in [6.07, 6.45) is 3.99. The molecular formula is C15H12BrN3O. The van der Waals surface area contributed by atoms with Crippen molar-refractivity contribution in [1.82, 2.24) is 9.99 Å². The van der Waals surface area contributed by atoms with Crippen molar-refractivity contribution >= 4 is 27.5 Å². The summed E-state index contributed by atoms with van der Waals surface area (Å²) in [7, 11) is 0. The van der Waals surface area contributed by atoms with E-state index in [9.17, 15) is 4.79 Å². The van der Waals surface area contributed by atoms with E-state index in [0.717, 1.165) is 22.2 Å². The fourth-order valence-electron chi connectivity index (χ4n) is 2.09. The molecule has 0 fully saturated rings. The SMILES string of the molecule is O=C(c1cccnc1)N1CCC(c2ccc(Br)cc2)=N1. The number of aromatic nitrogens is 1. The largest absolute Gasteiger partial charge is 0.275 e. The van der Waals surface area contributed by atoms with E-state index in [0.29, 0.717) is 12.1 Å². The number of pyridine rings is 1. The fourth-order valence-corrected chi connectivity index (χ4v) is 2.35. The smallest absolute Gasteiger partial charge is 0.267 e. The summed E-state index contributed by atoms with van der Waals surface area (Å²) >= 11 is 3.41. The summed E-state index contributed by atoms with van der Waals surface area (Å²) in [4.78, 5) is 16.2. The molecule has 0 unspecified atom stereocenters. The lowest BCUT2D eigenvalue weighted by molar-refractivity contribution is 0.0778. The first-order chi connectivity index (χ1) is 9.74. The second-order valence-electron chi connectivity index (χ2n) is 4.47. The van der Waals surface area contributed by atoms with Gasteiger partial charge in [-0.2, -0.15) is 5.10 Å². The van der Waals surface area contributed by atoms with Crippen LogP contribution in [-0.2, 0) is 0 Å². The van der Waals surface area contributed by atoms with Crippen molar-refractivity contribution in [2.45, 2.75) is 6.42 Å². The molecule has 0 N–H and O–H groups in total. The van der Waals surface area contributed by atoms with Gasteiger partial charge in [-0.1, -0.05) is 28.1 Å². The Morgan fingerprint density at radius 2 is 2.00 bits per heavy atom. The molecule has 2 aromatic rings. The summed E-state index contributed by atoms with van der Waals surface area (Å²) in [5, 5.41) is 5.93. The van der Waals surface area contributed by atoms with Gasteiger partial charge in [0.25, 0.3) is 5.91 Å². The van der Waals surface area contributed by atoms with Gasteiger partial charge in [0.1, 0.15) is 0 Å². The summed E-state index contributed by atoms with van der Waals surface area (Å²) in [6, 6.07) is 11.5. The van der Waals surface area contributed by atoms with Gasteiger partial charge < -0.3 is 0 Å². The molecule has 2 heterocycles. The van der Waals surface area contributed by atoms with Gasteiger partial charge >= 0.3 is 0 Å². The van der Waals surface area contributed by atoms with E-state index in [1.165, 1.54) is 5.01 Å². The van der Waals surface area contributed by atoms with Gasteiger partial charge in [0, 0.05) is 23.3 Å². The van der Waals surface area contributed by atoms with Crippen molar-refractivity contribution in [3.63, 3.8) is 0 Å². The molecule has 0 spiro atoms. The van der Waals surface area contributed by atoms with E-state index in [2.05, 4.69) is 26.0 Å². The predicted molar refractivity (Wildman–Crippen MR) is 80.6 cm³/mol. The number of hydrogen-bond acceptors (Lipinski definition) is 3. The van der Waals surface area contributed by atoms with Gasteiger partial charge in [-0.3, -0.25) is 9.78 Å². The van der Waals surface area contributed by atoms with E-state index in [1.807, 2.05) is 24.3 Å². The first kappa shape index (κ1) is 13.0. The molecule has 5 heteroatoms. The van der Waals surface area contributed by atoms with Crippen LogP contribution in [0.3, 0.4) is 0 Å². The van der Waals surface area contributed by atoms with E-state index >= 15 is 0 Å². The van der Waals surface area contributed by atoms with Crippen molar-refractivity contribution in [2.24, 2.45) is 5.10 Å². The Kier molecular flexibility index (Phi) is 3.60. The number of hydrazone groups is 1. The maximum absolute atomic E-state index is 12.2. The molecule has 4 nitrogen and oxygen atoms in total. The van der Waals surface area contributed by atoms with Gasteiger partial charge in [-0.05, 0) is 29.8 Å². The number of nitrogens with zero attached hydrogens (tertiary/aromatic N) is 3. The standard InChI is InChI=1S/C15H12BrN3O/c16-13-5-3-11(4-6-13)14-7-9-19(18-14)15(20)12-2-1-8-17-10-12/h1-6,8,10H,7,9H2. The number of hydrogen-bond donors (Lipinski definition) is 0. The molecule has 20 heavy (non-hydrogen) atoms. The Morgan fingerprint density at radius 1 is 1.20 bits per heavy atom. The van der Waals surface area contributed by atoms with Crippen molar-refractivity contribution in [3.8, 4) is 0 Å². The summed E-state index contributed by atoms with van der Waals surface area (Å²) in [5.41, 5.74) is 2.55. The topological polar surface area (TPSA) is 45.6 Å². The Balaban J connectivity index is 1.81. The minimum absolute atomic E-state index is 0.106. The zero-order valence-electron chi connectivity index (χ0n) is 10.7. The van der Waals surface area contributed by atoms with Crippen LogP contribution >= 0.6 is 15.9 Å². The lowest BCUT2D eigenvalue weighted by Gasteiger charge is -2.10. The number of amides is 1. The van der Waals surface area contributed by atoms with Gasteiger partial charge in [-0.25, -0.2) is 5.01 Å². The van der Waals surface area contributed by atoms with E-state index < -0.39 is 0 Å². The second-order valence-corrected chi connectivity index (χ2v) is 5.39. The maximum Gasteiger partial charge on any atom is 0.275 e. The van der Waals surface area contributed by atoms with Crippen LogP contribution in [0, 0.1) is 0 Å². The number of carbonyl (C=O) groups excluding carboxylic acids is 1. The van der Waals surface area contributed by atoms with Crippen LogP contribution in [0.15, 0.2) is 58.4 Å². The van der Waals surface area contributed by atoms with Crippen LogP contribution in [0.1, 0.15) is 22.3 Å². The van der Waals surface area contributed by atoms with Gasteiger partial charge in [0.05, 0.1) is 17.8 Å². The van der Waals surface area contributed by atoms with Crippen molar-refractivity contribution in [1.29, 1.82) is 0 Å². The van der Waals surface area contributed by atoms with E-state index in [4.69, 9.17) is 0 Å². The van der Waals surface area contributed by atoms with E-state index in [-0.39, 0.29) is 5.91 Å². The molecule has 100 valence electrons. The Labute approximate surface area is 125 Å². The highest BCUT2D eigenvalue weighted by molar-refractivity contribution is 9.10. The summed E-state index contributed by atoms with van der Waals surface area (Å²) < 4.78 is 1.03. The molecule has 1 amide bonds. The Bertz CT molecular complexity index is 653. The van der Waals surface area contributed by atoms with Crippen LogP contribution in [0.25, 0.3) is 0 Å². The normalized spacial score (nSPS) is 14.2. The molecular weight excluding hydrogens is 318 g/mol. The Hall–Kier alpha value is -2.01. The molecule has 0 saturated carbocycles. The average Bonchev–Trinajstić information content (AvgIpc) is 2.98. The quantitative estimate of drug-likeness (QED) is 0.849. The second kappa shape index (κ2) is 5.54. The Morgan fingerprint density at radius 3 is 2.70 bits per heavy atom. The van der Waals surface area contributed by atoms with Crippen LogP contribution in [0.4, 0.5) is 0 Å². The summed E-state index contributed by atoms with van der Waals surface area (Å²) in [6.45, 7) is 0.610. The van der Waals surface area contributed by atoms with Crippen LogP contribution < -0.4 is 0 Å². The summed E-state index contributed by atoms with van der Waals surface area (Å²) in [5.74, 6) is -0.106. The molecule has 0 bridgehead atoms. The minimum Gasteiger partial charge on any atom is -0.267 e. The van der Waals surface area contributed by atoms with Gasteiger partial charge in [0.2, 0.25) is 0 Å². The molecule has 1 aromatic carbocycles. The highest BCUT2D eigenvalue weighted by Crippen LogP contribution is 2.18. The first-order valence-electron chi connectivity index (χ1n) is 6.29. The highest BCUT2D eigenvalue weighted by atomic mass is 79.9. The molecule has 3 rings (SSSR count). The highest BCUT2D eigenvalue weighted by Gasteiger charge is 2.22. The average molecular weight is 330 g/mol. The maximum atomic E-state index is 12.2. The third-order valence-corrected chi connectivity index (χ3v) is 3.65. The molecule has 1 aromatic heterocycles. The van der Waals surface area contributed by atoms with Gasteiger partial charge in [-0.15, -0.1) is 0 Å². The zero-order valence-corrected chi connectivity index (χ0v) is 12.2. The molecule has 0 aliphatic carbocycles. The molecule has 0 radical (unpaired) electrons. The number of benzene rings is 1. The van der Waals surface area contributed by atoms with Crippen LogP contribution in [-0.4, -0.2) is 28.2 Å². The monoisotopic (exact) mass is 329 g/mol. The zero-order chi connectivity index (χ0) is 13.9.